The lowest BCUT2D eigenvalue weighted by molar-refractivity contribution is 0.0999. The van der Waals surface area contributed by atoms with Gasteiger partial charge in [0.2, 0.25) is 0 Å². The second-order valence-electron chi connectivity index (χ2n) is 4.62. The normalized spacial score (nSPS) is 21.9. The molecular formula is C13H20BrNOS. The molecule has 1 aliphatic rings. The molecule has 0 aromatic carbocycles. The first-order valence-corrected chi connectivity index (χ1v) is 7.86. The Balaban J connectivity index is 1.93. The van der Waals surface area contributed by atoms with E-state index in [0.29, 0.717) is 12.1 Å². The summed E-state index contributed by atoms with van der Waals surface area (Å²) in [7, 11) is 2.04. The summed E-state index contributed by atoms with van der Waals surface area (Å²) in [6.45, 7) is 3.11. The van der Waals surface area contributed by atoms with Crippen LogP contribution in [-0.4, -0.2) is 19.8 Å². The van der Waals surface area contributed by atoms with Crippen LogP contribution in [0.5, 0.6) is 0 Å². The van der Waals surface area contributed by atoms with Crippen LogP contribution in [0.2, 0.25) is 0 Å². The number of hydrogen-bond donors (Lipinski definition) is 1. The fourth-order valence-corrected chi connectivity index (χ4v) is 4.44. The Hall–Kier alpha value is 0.100. The fourth-order valence-electron chi connectivity index (χ4n) is 2.37. The first-order valence-electron chi connectivity index (χ1n) is 6.25. The van der Waals surface area contributed by atoms with Crippen LogP contribution in [0.4, 0.5) is 0 Å². The average molecular weight is 318 g/mol. The highest BCUT2D eigenvalue weighted by Gasteiger charge is 2.20. The summed E-state index contributed by atoms with van der Waals surface area (Å²) in [5.41, 5.74) is 0. The van der Waals surface area contributed by atoms with Crippen LogP contribution in [-0.2, 0) is 4.74 Å². The van der Waals surface area contributed by atoms with Crippen LogP contribution in [0, 0.1) is 6.92 Å². The standard InChI is InChI=1S/C13H20BrNOS/c1-9-8-11(14)13(17-9)12(15-2)6-5-10-4-3-7-16-10/h8,10,12,15H,3-7H2,1-2H3. The van der Waals surface area contributed by atoms with E-state index in [1.807, 2.05) is 18.4 Å². The summed E-state index contributed by atoms with van der Waals surface area (Å²) in [4.78, 5) is 2.78. The lowest BCUT2D eigenvalue weighted by Gasteiger charge is -2.17. The molecule has 0 bridgehead atoms. The molecule has 0 radical (unpaired) electrons. The maximum atomic E-state index is 5.68. The molecule has 2 nitrogen and oxygen atoms in total. The maximum absolute atomic E-state index is 5.68. The Morgan fingerprint density at radius 1 is 1.65 bits per heavy atom. The molecule has 1 aliphatic heterocycles. The number of rotatable bonds is 5. The predicted octanol–water partition coefficient (Wildman–Crippen LogP) is 4.04. The van der Waals surface area contributed by atoms with Crippen molar-refractivity contribution < 1.29 is 4.74 Å². The third-order valence-corrected chi connectivity index (χ3v) is 5.39. The zero-order valence-corrected chi connectivity index (χ0v) is 12.9. The largest absolute Gasteiger partial charge is 0.378 e. The summed E-state index contributed by atoms with van der Waals surface area (Å²) < 4.78 is 6.93. The van der Waals surface area contributed by atoms with Gasteiger partial charge in [-0.1, -0.05) is 0 Å². The van der Waals surface area contributed by atoms with Gasteiger partial charge in [0.25, 0.3) is 0 Å². The summed E-state index contributed by atoms with van der Waals surface area (Å²) in [6, 6.07) is 2.66. The van der Waals surface area contributed by atoms with Crippen molar-refractivity contribution >= 4 is 27.3 Å². The van der Waals surface area contributed by atoms with Gasteiger partial charge in [-0.15, -0.1) is 11.3 Å². The zero-order valence-electron chi connectivity index (χ0n) is 10.5. The smallest absolute Gasteiger partial charge is 0.0576 e. The van der Waals surface area contributed by atoms with Crippen molar-refractivity contribution in [3.63, 3.8) is 0 Å². The van der Waals surface area contributed by atoms with E-state index in [1.165, 1.54) is 27.1 Å². The molecule has 96 valence electrons. The molecule has 1 saturated heterocycles. The van der Waals surface area contributed by atoms with Crippen molar-refractivity contribution in [2.24, 2.45) is 0 Å². The first-order chi connectivity index (χ1) is 8.20. The molecule has 0 amide bonds. The Bertz CT molecular complexity index is 360. The summed E-state index contributed by atoms with van der Waals surface area (Å²) in [5, 5.41) is 3.42. The molecule has 0 saturated carbocycles. The zero-order chi connectivity index (χ0) is 12.3. The lowest BCUT2D eigenvalue weighted by atomic mass is 10.0. The van der Waals surface area contributed by atoms with E-state index in [1.54, 1.807) is 0 Å². The van der Waals surface area contributed by atoms with Gasteiger partial charge in [0, 0.05) is 26.9 Å². The van der Waals surface area contributed by atoms with E-state index in [-0.39, 0.29) is 0 Å². The number of thiophene rings is 1. The van der Waals surface area contributed by atoms with Crippen molar-refractivity contribution in [1.82, 2.24) is 5.32 Å². The third kappa shape index (κ3) is 3.53. The minimum atomic E-state index is 0.451. The monoisotopic (exact) mass is 317 g/mol. The number of hydrogen-bond acceptors (Lipinski definition) is 3. The molecule has 0 spiro atoms. The Morgan fingerprint density at radius 3 is 3.00 bits per heavy atom. The van der Waals surface area contributed by atoms with Gasteiger partial charge >= 0.3 is 0 Å². The number of aryl methyl sites for hydroxylation is 1. The van der Waals surface area contributed by atoms with E-state index in [0.717, 1.165) is 19.4 Å². The highest BCUT2D eigenvalue weighted by atomic mass is 79.9. The minimum absolute atomic E-state index is 0.451. The van der Waals surface area contributed by atoms with Crippen molar-refractivity contribution in [3.8, 4) is 0 Å². The molecule has 1 fully saturated rings. The molecule has 2 rings (SSSR count). The molecule has 4 heteroatoms. The molecule has 2 heterocycles. The molecular weight excluding hydrogens is 298 g/mol. The number of nitrogens with one attached hydrogen (secondary N) is 1. The van der Waals surface area contributed by atoms with Crippen LogP contribution in [0.25, 0.3) is 0 Å². The van der Waals surface area contributed by atoms with Crippen LogP contribution >= 0.6 is 27.3 Å². The molecule has 0 aliphatic carbocycles. The van der Waals surface area contributed by atoms with Crippen molar-refractivity contribution in [2.45, 2.75) is 44.8 Å². The van der Waals surface area contributed by atoms with Crippen LogP contribution in [0.1, 0.15) is 41.5 Å². The van der Waals surface area contributed by atoms with Crippen LogP contribution in [0.15, 0.2) is 10.5 Å². The Labute approximate surface area is 116 Å². The summed E-state index contributed by atoms with van der Waals surface area (Å²) in [5.74, 6) is 0. The maximum Gasteiger partial charge on any atom is 0.0576 e. The van der Waals surface area contributed by atoms with Gasteiger partial charge < -0.3 is 10.1 Å². The summed E-state index contributed by atoms with van der Waals surface area (Å²) >= 11 is 5.53. The highest BCUT2D eigenvalue weighted by molar-refractivity contribution is 9.10. The van der Waals surface area contributed by atoms with Gasteiger partial charge in [-0.3, -0.25) is 0 Å². The van der Waals surface area contributed by atoms with Gasteiger partial charge in [0.15, 0.2) is 0 Å². The topological polar surface area (TPSA) is 21.3 Å². The van der Waals surface area contributed by atoms with Crippen molar-refractivity contribution in [2.75, 3.05) is 13.7 Å². The second kappa shape index (κ2) is 6.32. The fraction of sp³-hybridized carbons (Fsp3) is 0.692. The Morgan fingerprint density at radius 2 is 2.47 bits per heavy atom. The van der Waals surface area contributed by atoms with E-state index in [2.05, 4.69) is 34.2 Å². The van der Waals surface area contributed by atoms with E-state index in [4.69, 9.17) is 4.74 Å². The number of halogens is 1. The molecule has 1 aromatic heterocycles. The molecule has 1 N–H and O–H groups in total. The Kier molecular flexibility index (Phi) is 5.03. The van der Waals surface area contributed by atoms with E-state index < -0.39 is 0 Å². The quantitative estimate of drug-likeness (QED) is 0.885. The average Bonchev–Trinajstić information content (AvgIpc) is 2.90. The molecule has 2 unspecified atom stereocenters. The van der Waals surface area contributed by atoms with Gasteiger partial charge in [0.1, 0.15) is 0 Å². The van der Waals surface area contributed by atoms with Gasteiger partial charge in [-0.05, 0) is 61.7 Å². The predicted molar refractivity (Wildman–Crippen MR) is 76.8 cm³/mol. The van der Waals surface area contributed by atoms with E-state index in [9.17, 15) is 0 Å². The number of ether oxygens (including phenoxy) is 1. The van der Waals surface area contributed by atoms with Gasteiger partial charge in [0.05, 0.1) is 6.10 Å². The lowest BCUT2D eigenvalue weighted by Crippen LogP contribution is -2.18. The van der Waals surface area contributed by atoms with Gasteiger partial charge in [-0.2, -0.15) is 0 Å². The van der Waals surface area contributed by atoms with E-state index >= 15 is 0 Å². The SMILES string of the molecule is CNC(CCC1CCCO1)c1sc(C)cc1Br. The molecule has 17 heavy (non-hydrogen) atoms. The highest BCUT2D eigenvalue weighted by Crippen LogP contribution is 2.35. The second-order valence-corrected chi connectivity index (χ2v) is 6.77. The molecule has 1 aromatic rings. The van der Waals surface area contributed by atoms with Crippen LogP contribution in [0.3, 0.4) is 0 Å². The van der Waals surface area contributed by atoms with Crippen molar-refractivity contribution in [3.05, 3.63) is 20.3 Å². The van der Waals surface area contributed by atoms with Crippen LogP contribution < -0.4 is 5.32 Å². The third-order valence-electron chi connectivity index (χ3n) is 3.30. The summed E-state index contributed by atoms with van der Waals surface area (Å²) in [6.07, 6.45) is 5.28. The molecule has 2 atom stereocenters. The first kappa shape index (κ1) is 13.5. The van der Waals surface area contributed by atoms with Gasteiger partial charge in [-0.25, -0.2) is 0 Å². The van der Waals surface area contributed by atoms with Crippen molar-refractivity contribution in [1.29, 1.82) is 0 Å². The minimum Gasteiger partial charge on any atom is -0.378 e.